The molecule has 4 heteroatoms. The first-order valence-corrected chi connectivity index (χ1v) is 10.2. The van der Waals surface area contributed by atoms with Gasteiger partial charge in [0.15, 0.2) is 6.29 Å². The van der Waals surface area contributed by atoms with E-state index in [4.69, 9.17) is 9.47 Å². The van der Waals surface area contributed by atoms with E-state index in [9.17, 15) is 0 Å². The van der Waals surface area contributed by atoms with Crippen molar-refractivity contribution in [3.8, 4) is 0 Å². The van der Waals surface area contributed by atoms with Crippen LogP contribution in [0.25, 0.3) is 0 Å². The van der Waals surface area contributed by atoms with Crippen LogP contribution in [0.15, 0.2) is 65.3 Å². The van der Waals surface area contributed by atoms with Gasteiger partial charge in [-0.2, -0.15) is 0 Å². The van der Waals surface area contributed by atoms with Crippen LogP contribution in [0.2, 0.25) is 0 Å². The number of rotatable bonds is 2. The van der Waals surface area contributed by atoms with E-state index in [-0.39, 0.29) is 12.5 Å². The van der Waals surface area contributed by atoms with Crippen molar-refractivity contribution in [3.63, 3.8) is 0 Å². The van der Waals surface area contributed by atoms with Crippen LogP contribution in [-0.4, -0.2) is 31.4 Å². The zero-order valence-electron chi connectivity index (χ0n) is 18.1. The molecular weight excluding hydrogens is 360 g/mol. The van der Waals surface area contributed by atoms with Crippen molar-refractivity contribution in [2.24, 2.45) is 10.9 Å². The largest absolute Gasteiger partial charge is 0.355 e. The van der Waals surface area contributed by atoms with Crippen molar-refractivity contribution < 1.29 is 9.47 Å². The van der Waals surface area contributed by atoms with Crippen molar-refractivity contribution >= 4 is 6.21 Å². The minimum Gasteiger partial charge on any atom is -0.355 e. The van der Waals surface area contributed by atoms with Gasteiger partial charge in [-0.05, 0) is 31.9 Å². The Morgan fingerprint density at radius 2 is 1.34 bits per heavy atom. The van der Waals surface area contributed by atoms with Gasteiger partial charge in [0.2, 0.25) is 0 Å². The van der Waals surface area contributed by atoms with Gasteiger partial charge in [0, 0.05) is 30.9 Å². The van der Waals surface area contributed by atoms with Crippen LogP contribution in [0.3, 0.4) is 0 Å². The Labute approximate surface area is 174 Å². The Hall–Kier alpha value is -2.43. The number of hydrogen-bond acceptors (Lipinski definition) is 4. The summed E-state index contributed by atoms with van der Waals surface area (Å²) in [6, 6.07) is 16.8. The number of aryl methyl sites for hydroxylation is 2. The predicted octanol–water partition coefficient (Wildman–Crippen LogP) is 5.59. The van der Waals surface area contributed by atoms with Gasteiger partial charge in [-0.25, -0.2) is 0 Å². The van der Waals surface area contributed by atoms with Crippen molar-refractivity contribution in [1.82, 2.24) is 4.90 Å². The standard InChI is InChI=1S/C13H16N2.C12H16O2/c1-10-4-6-12(7-5-10)13-14-8-11(2)9-15(13)3;1-9-3-5-11(6-4-9)12-13-7-10(2)8-14-12/h4-9,13H,1-3H3;3-6,10,12H,7-8H2,1-2H3. The first-order chi connectivity index (χ1) is 13.9. The fourth-order valence-electron chi connectivity index (χ4n) is 3.29. The van der Waals surface area contributed by atoms with E-state index in [1.165, 1.54) is 22.3 Å². The Morgan fingerprint density at radius 3 is 1.86 bits per heavy atom. The summed E-state index contributed by atoms with van der Waals surface area (Å²) in [6.45, 7) is 9.95. The van der Waals surface area contributed by atoms with Crippen molar-refractivity contribution in [2.75, 3.05) is 20.3 Å². The van der Waals surface area contributed by atoms with Gasteiger partial charge < -0.3 is 14.4 Å². The first-order valence-electron chi connectivity index (χ1n) is 10.2. The average molecular weight is 393 g/mol. The van der Waals surface area contributed by atoms with Crippen molar-refractivity contribution in [2.45, 2.75) is 40.2 Å². The van der Waals surface area contributed by atoms with E-state index >= 15 is 0 Å². The molecule has 0 bridgehead atoms. The van der Waals surface area contributed by atoms with Gasteiger partial charge in [0.25, 0.3) is 0 Å². The molecule has 4 rings (SSSR count). The number of allylic oxidation sites excluding steroid dienone is 1. The zero-order chi connectivity index (χ0) is 20.8. The Morgan fingerprint density at radius 1 is 0.828 bits per heavy atom. The summed E-state index contributed by atoms with van der Waals surface area (Å²) >= 11 is 0. The van der Waals surface area contributed by atoms with E-state index in [2.05, 4.69) is 99.4 Å². The molecule has 0 spiro atoms. The highest BCUT2D eigenvalue weighted by atomic mass is 16.7. The zero-order valence-corrected chi connectivity index (χ0v) is 18.1. The summed E-state index contributed by atoms with van der Waals surface area (Å²) in [5.41, 5.74) is 6.09. The van der Waals surface area contributed by atoms with Crippen LogP contribution < -0.4 is 0 Å². The Bertz CT molecular complexity index is 832. The molecule has 29 heavy (non-hydrogen) atoms. The molecule has 0 radical (unpaired) electrons. The normalized spacial score (nSPS) is 23.8. The van der Waals surface area contributed by atoms with Crippen LogP contribution in [0.4, 0.5) is 0 Å². The van der Waals surface area contributed by atoms with Gasteiger partial charge >= 0.3 is 0 Å². The number of ether oxygens (including phenoxy) is 2. The molecule has 0 aliphatic carbocycles. The van der Waals surface area contributed by atoms with E-state index in [1.807, 2.05) is 6.21 Å². The number of benzene rings is 2. The highest BCUT2D eigenvalue weighted by Crippen LogP contribution is 2.25. The van der Waals surface area contributed by atoms with Crippen LogP contribution in [0, 0.1) is 19.8 Å². The van der Waals surface area contributed by atoms with Gasteiger partial charge in [-0.15, -0.1) is 0 Å². The molecule has 154 valence electrons. The highest BCUT2D eigenvalue weighted by molar-refractivity contribution is 5.78. The van der Waals surface area contributed by atoms with Crippen LogP contribution in [-0.2, 0) is 9.47 Å². The van der Waals surface area contributed by atoms with Gasteiger partial charge in [0.1, 0.15) is 6.17 Å². The molecule has 0 aromatic heterocycles. The fourth-order valence-corrected chi connectivity index (χ4v) is 3.29. The molecule has 1 saturated heterocycles. The summed E-state index contributed by atoms with van der Waals surface area (Å²) in [5, 5.41) is 0. The molecule has 4 nitrogen and oxygen atoms in total. The number of nitrogens with zero attached hydrogens (tertiary/aromatic N) is 2. The van der Waals surface area contributed by atoms with Gasteiger partial charge in [-0.3, -0.25) is 4.99 Å². The average Bonchev–Trinajstić information content (AvgIpc) is 2.71. The Balaban J connectivity index is 0.000000166. The molecule has 1 fully saturated rings. The summed E-state index contributed by atoms with van der Waals surface area (Å²) in [4.78, 5) is 6.66. The second-order valence-electron chi connectivity index (χ2n) is 8.12. The predicted molar refractivity (Wildman–Crippen MR) is 119 cm³/mol. The minimum atomic E-state index is -0.160. The number of hydrogen-bond donors (Lipinski definition) is 0. The lowest BCUT2D eigenvalue weighted by atomic mass is 10.1. The maximum atomic E-state index is 5.59. The molecule has 2 aromatic carbocycles. The number of aliphatic imine (C=N–C) groups is 1. The smallest absolute Gasteiger partial charge is 0.183 e. The van der Waals surface area contributed by atoms with Crippen LogP contribution >= 0.6 is 0 Å². The van der Waals surface area contributed by atoms with E-state index in [0.29, 0.717) is 5.92 Å². The summed E-state index contributed by atoms with van der Waals surface area (Å²) < 4.78 is 11.2. The third-order valence-electron chi connectivity index (χ3n) is 5.00. The molecule has 2 heterocycles. The molecule has 1 unspecified atom stereocenters. The lowest BCUT2D eigenvalue weighted by Crippen LogP contribution is -2.24. The Kier molecular flexibility index (Phi) is 7.24. The van der Waals surface area contributed by atoms with Crippen LogP contribution in [0.5, 0.6) is 0 Å². The van der Waals surface area contributed by atoms with E-state index in [0.717, 1.165) is 18.8 Å². The molecule has 2 aliphatic heterocycles. The third-order valence-corrected chi connectivity index (χ3v) is 5.00. The third kappa shape index (κ3) is 6.02. The molecule has 2 aliphatic rings. The summed E-state index contributed by atoms with van der Waals surface area (Å²) in [7, 11) is 2.06. The molecule has 1 atom stereocenters. The second kappa shape index (κ2) is 9.86. The topological polar surface area (TPSA) is 34.1 Å². The second-order valence-corrected chi connectivity index (χ2v) is 8.12. The quantitative estimate of drug-likeness (QED) is 0.668. The van der Waals surface area contributed by atoms with Crippen molar-refractivity contribution in [3.05, 3.63) is 82.6 Å². The monoisotopic (exact) mass is 392 g/mol. The molecule has 0 N–H and O–H groups in total. The van der Waals surface area contributed by atoms with E-state index in [1.54, 1.807) is 0 Å². The SMILES string of the molecule is CC1=CN(C)C(c2ccc(C)cc2)N=C1.Cc1ccc(C2OCC(C)CO2)cc1. The first kappa shape index (κ1) is 21.3. The molecule has 0 amide bonds. The summed E-state index contributed by atoms with van der Waals surface area (Å²) in [6.07, 6.45) is 4.03. The molecule has 2 aromatic rings. The lowest BCUT2D eigenvalue weighted by Gasteiger charge is -2.27. The van der Waals surface area contributed by atoms with Crippen molar-refractivity contribution in [1.29, 1.82) is 0 Å². The van der Waals surface area contributed by atoms with Gasteiger partial charge in [-0.1, -0.05) is 66.6 Å². The maximum absolute atomic E-state index is 5.59. The summed E-state index contributed by atoms with van der Waals surface area (Å²) in [5.74, 6) is 0.511. The minimum absolute atomic E-state index is 0.134. The van der Waals surface area contributed by atoms with Crippen LogP contribution in [0.1, 0.15) is 48.6 Å². The molecule has 0 saturated carbocycles. The maximum Gasteiger partial charge on any atom is 0.183 e. The molecular formula is C25H32N2O2. The van der Waals surface area contributed by atoms with Gasteiger partial charge in [0.05, 0.1) is 13.2 Å². The van der Waals surface area contributed by atoms with E-state index < -0.39 is 0 Å². The lowest BCUT2D eigenvalue weighted by molar-refractivity contribution is -0.202. The highest BCUT2D eigenvalue weighted by Gasteiger charge is 2.20. The fraction of sp³-hybridized carbons (Fsp3) is 0.400.